The first-order chi connectivity index (χ1) is 18.3. The van der Waals surface area contributed by atoms with Crippen LogP contribution in [0, 0.1) is 13.8 Å². The van der Waals surface area contributed by atoms with Crippen molar-refractivity contribution < 1.29 is 18.0 Å². The molecule has 3 aromatic rings. The largest absolute Gasteiger partial charge is 0.352 e. The number of halogens is 1. The van der Waals surface area contributed by atoms with E-state index in [0.717, 1.165) is 27.3 Å². The van der Waals surface area contributed by atoms with Crippen LogP contribution in [0.15, 0.2) is 72.8 Å². The lowest BCUT2D eigenvalue weighted by molar-refractivity contribution is -0.140. The first-order valence-electron chi connectivity index (χ1n) is 12.8. The van der Waals surface area contributed by atoms with E-state index in [-0.39, 0.29) is 24.9 Å². The van der Waals surface area contributed by atoms with Crippen molar-refractivity contribution in [2.24, 2.45) is 0 Å². The lowest BCUT2D eigenvalue weighted by Gasteiger charge is -2.34. The zero-order valence-electron chi connectivity index (χ0n) is 23.0. The number of anilines is 1. The Balaban J connectivity index is 2.07. The van der Waals surface area contributed by atoms with E-state index in [1.54, 1.807) is 25.1 Å². The zero-order chi connectivity index (χ0) is 28.7. The van der Waals surface area contributed by atoms with E-state index in [1.807, 2.05) is 75.4 Å². The highest BCUT2D eigenvalue weighted by Gasteiger charge is 2.33. The fourth-order valence-corrected chi connectivity index (χ4v) is 5.45. The number of carbonyl (C=O) groups excluding carboxylic acids is 2. The number of nitrogens with zero attached hydrogens (tertiary/aromatic N) is 2. The first kappa shape index (κ1) is 30.2. The molecule has 39 heavy (non-hydrogen) atoms. The van der Waals surface area contributed by atoms with Crippen LogP contribution in [0.2, 0.25) is 5.02 Å². The molecule has 208 valence electrons. The van der Waals surface area contributed by atoms with E-state index in [0.29, 0.717) is 16.3 Å². The Hall–Kier alpha value is -3.36. The number of hydrogen-bond acceptors (Lipinski definition) is 4. The second-order valence-electron chi connectivity index (χ2n) is 10.1. The Labute approximate surface area is 236 Å². The van der Waals surface area contributed by atoms with Gasteiger partial charge in [-0.2, -0.15) is 0 Å². The molecule has 3 aromatic carbocycles. The molecule has 2 amide bonds. The lowest BCUT2D eigenvalue weighted by Crippen LogP contribution is -2.54. The summed E-state index contributed by atoms with van der Waals surface area (Å²) < 4.78 is 26.9. The molecular formula is C30H36ClN3O4S. The van der Waals surface area contributed by atoms with Crippen LogP contribution in [0.25, 0.3) is 0 Å². The monoisotopic (exact) mass is 569 g/mol. The minimum Gasteiger partial charge on any atom is -0.352 e. The summed E-state index contributed by atoms with van der Waals surface area (Å²) >= 11 is 6.10. The fraction of sp³-hybridized carbons (Fsp3) is 0.333. The van der Waals surface area contributed by atoms with Crippen molar-refractivity contribution in [1.29, 1.82) is 0 Å². The van der Waals surface area contributed by atoms with Crippen LogP contribution >= 0.6 is 11.6 Å². The molecule has 0 aromatic heterocycles. The Bertz CT molecular complexity index is 1390. The van der Waals surface area contributed by atoms with E-state index in [9.17, 15) is 18.0 Å². The van der Waals surface area contributed by atoms with Gasteiger partial charge in [-0.3, -0.25) is 13.9 Å². The van der Waals surface area contributed by atoms with Gasteiger partial charge in [0.15, 0.2) is 0 Å². The molecule has 0 aliphatic rings. The topological polar surface area (TPSA) is 86.8 Å². The van der Waals surface area contributed by atoms with E-state index >= 15 is 0 Å². The summed E-state index contributed by atoms with van der Waals surface area (Å²) in [5, 5.41) is 3.41. The van der Waals surface area contributed by atoms with Gasteiger partial charge >= 0.3 is 0 Å². The number of aryl methyl sites for hydroxylation is 2. The standard InChI is InChI=1S/C30H36ClN3O4S/c1-21(2)32-30(36)28(18-24-9-7-6-8-10-24)33(19-25-13-11-22(3)12-14-25)29(35)20-34(39(5,37)38)27-16-15-26(31)17-23(27)4/h6-17,21,28H,18-20H2,1-5H3,(H,32,36)/t28-/m1/s1. The Morgan fingerprint density at radius 3 is 2.13 bits per heavy atom. The number of benzene rings is 3. The molecule has 0 saturated heterocycles. The summed E-state index contributed by atoms with van der Waals surface area (Å²) in [6.45, 7) is 7.10. The third-order valence-electron chi connectivity index (χ3n) is 6.28. The van der Waals surface area contributed by atoms with Crippen molar-refractivity contribution in [2.75, 3.05) is 17.1 Å². The van der Waals surface area contributed by atoms with Crippen molar-refractivity contribution in [2.45, 2.75) is 52.7 Å². The van der Waals surface area contributed by atoms with E-state index in [4.69, 9.17) is 11.6 Å². The average molecular weight is 570 g/mol. The normalized spacial score (nSPS) is 12.2. The second kappa shape index (κ2) is 13.1. The van der Waals surface area contributed by atoms with Gasteiger partial charge in [0.2, 0.25) is 21.8 Å². The second-order valence-corrected chi connectivity index (χ2v) is 12.4. The van der Waals surface area contributed by atoms with Crippen LogP contribution in [0.1, 0.15) is 36.1 Å². The van der Waals surface area contributed by atoms with Crippen LogP contribution in [0.3, 0.4) is 0 Å². The molecule has 0 aliphatic carbocycles. The highest BCUT2D eigenvalue weighted by atomic mass is 35.5. The highest BCUT2D eigenvalue weighted by molar-refractivity contribution is 7.92. The van der Waals surface area contributed by atoms with Gasteiger partial charge in [0.25, 0.3) is 0 Å². The van der Waals surface area contributed by atoms with E-state index in [1.165, 1.54) is 4.90 Å². The fourth-order valence-electron chi connectivity index (χ4n) is 4.32. The molecule has 3 rings (SSSR count). The maximum atomic E-state index is 14.1. The van der Waals surface area contributed by atoms with E-state index < -0.39 is 28.5 Å². The first-order valence-corrected chi connectivity index (χ1v) is 15.0. The Kier molecular flexibility index (Phi) is 10.2. The van der Waals surface area contributed by atoms with Crippen molar-refractivity contribution in [1.82, 2.24) is 10.2 Å². The molecule has 1 N–H and O–H groups in total. The molecule has 1 atom stereocenters. The van der Waals surface area contributed by atoms with Gasteiger partial charge in [-0.25, -0.2) is 8.42 Å². The van der Waals surface area contributed by atoms with Crippen LogP contribution in [0.4, 0.5) is 5.69 Å². The predicted molar refractivity (Wildman–Crippen MR) is 157 cm³/mol. The van der Waals surface area contributed by atoms with Crippen LogP contribution in [-0.4, -0.2) is 50.0 Å². The molecule has 0 aliphatic heterocycles. The van der Waals surface area contributed by atoms with Crippen molar-refractivity contribution in [3.63, 3.8) is 0 Å². The summed E-state index contributed by atoms with van der Waals surface area (Å²) in [7, 11) is -3.84. The average Bonchev–Trinajstić information content (AvgIpc) is 2.85. The number of nitrogens with one attached hydrogen (secondary N) is 1. The van der Waals surface area contributed by atoms with Crippen molar-refractivity contribution in [3.05, 3.63) is 100 Å². The number of amides is 2. The third kappa shape index (κ3) is 8.57. The highest BCUT2D eigenvalue weighted by Crippen LogP contribution is 2.26. The summed E-state index contributed by atoms with van der Waals surface area (Å²) in [6, 6.07) is 21.0. The summed E-state index contributed by atoms with van der Waals surface area (Å²) in [5.41, 5.74) is 3.76. The van der Waals surface area contributed by atoms with Gasteiger partial charge in [0, 0.05) is 24.0 Å². The Morgan fingerprint density at radius 1 is 0.923 bits per heavy atom. The summed E-state index contributed by atoms with van der Waals surface area (Å²) in [6.07, 6.45) is 1.33. The lowest BCUT2D eigenvalue weighted by atomic mass is 10.0. The molecule has 9 heteroatoms. The van der Waals surface area contributed by atoms with Crippen LogP contribution in [-0.2, 0) is 32.6 Å². The maximum absolute atomic E-state index is 14.1. The molecule has 0 spiro atoms. The van der Waals surface area contributed by atoms with Crippen molar-refractivity contribution in [3.8, 4) is 0 Å². The van der Waals surface area contributed by atoms with Gasteiger partial charge < -0.3 is 10.2 Å². The van der Waals surface area contributed by atoms with Crippen LogP contribution < -0.4 is 9.62 Å². The summed E-state index contributed by atoms with van der Waals surface area (Å²) in [4.78, 5) is 29.1. The zero-order valence-corrected chi connectivity index (χ0v) is 24.6. The third-order valence-corrected chi connectivity index (χ3v) is 7.64. The van der Waals surface area contributed by atoms with Gasteiger partial charge in [-0.15, -0.1) is 0 Å². The molecule has 0 saturated carbocycles. The number of sulfonamides is 1. The molecule has 7 nitrogen and oxygen atoms in total. The van der Waals surface area contributed by atoms with Crippen LogP contribution in [0.5, 0.6) is 0 Å². The smallest absolute Gasteiger partial charge is 0.244 e. The number of hydrogen-bond donors (Lipinski definition) is 1. The SMILES string of the molecule is Cc1ccc(CN(C(=O)CN(c2ccc(Cl)cc2C)S(C)(=O)=O)[C@H](Cc2ccccc2)C(=O)NC(C)C)cc1. The predicted octanol–water partition coefficient (Wildman–Crippen LogP) is 4.89. The minimum atomic E-state index is -3.84. The quantitative estimate of drug-likeness (QED) is 0.356. The minimum absolute atomic E-state index is 0.138. The number of carbonyl (C=O) groups is 2. The van der Waals surface area contributed by atoms with E-state index in [2.05, 4.69) is 5.32 Å². The van der Waals surface area contributed by atoms with Gasteiger partial charge in [-0.05, 0) is 62.6 Å². The van der Waals surface area contributed by atoms with Crippen molar-refractivity contribution >= 4 is 39.1 Å². The van der Waals surface area contributed by atoms with Gasteiger partial charge in [-0.1, -0.05) is 71.8 Å². The molecule has 0 fully saturated rings. The van der Waals surface area contributed by atoms with Gasteiger partial charge in [0.1, 0.15) is 12.6 Å². The molecule has 0 bridgehead atoms. The number of rotatable bonds is 11. The molecular weight excluding hydrogens is 534 g/mol. The maximum Gasteiger partial charge on any atom is 0.244 e. The summed E-state index contributed by atoms with van der Waals surface area (Å²) in [5.74, 6) is -0.793. The Morgan fingerprint density at radius 2 is 1.56 bits per heavy atom. The molecule has 0 unspecified atom stereocenters. The molecule has 0 heterocycles. The molecule has 0 radical (unpaired) electrons. The van der Waals surface area contributed by atoms with Gasteiger partial charge in [0.05, 0.1) is 11.9 Å².